The largest absolute Gasteiger partial charge is 0.493 e. The molecule has 0 unspecified atom stereocenters. The zero-order valence-electron chi connectivity index (χ0n) is 15.9. The van der Waals surface area contributed by atoms with Crippen molar-refractivity contribution in [3.8, 4) is 11.5 Å². The molecule has 0 atom stereocenters. The molecule has 0 heterocycles. The number of methoxy groups -OCH3 is 2. The van der Waals surface area contributed by atoms with Gasteiger partial charge in [-0.05, 0) is 55.2 Å². The Hall–Kier alpha value is -3.09. The van der Waals surface area contributed by atoms with Crippen LogP contribution in [-0.2, 0) is 16.0 Å². The van der Waals surface area contributed by atoms with Crippen molar-refractivity contribution in [1.82, 2.24) is 5.32 Å². The van der Waals surface area contributed by atoms with Gasteiger partial charge in [-0.2, -0.15) is 0 Å². The summed E-state index contributed by atoms with van der Waals surface area (Å²) in [6.07, 6.45) is 1.56. The lowest BCUT2D eigenvalue weighted by Gasteiger charge is -2.16. The first-order valence-corrected chi connectivity index (χ1v) is 9.05. The minimum Gasteiger partial charge on any atom is -0.493 e. The molecule has 7 heteroatoms. The summed E-state index contributed by atoms with van der Waals surface area (Å²) in [6.45, 7) is 0.392. The normalized spacial score (nSPS) is 14.1. The van der Waals surface area contributed by atoms with Crippen LogP contribution in [0.2, 0.25) is 0 Å². The molecule has 2 N–H and O–H groups in total. The van der Waals surface area contributed by atoms with Crippen molar-refractivity contribution in [1.29, 1.82) is 0 Å². The van der Waals surface area contributed by atoms with Crippen molar-refractivity contribution in [2.24, 2.45) is 5.41 Å². The first kappa shape index (κ1) is 19.7. The number of benzene rings is 2. The number of hydrogen-bond donors (Lipinski definition) is 2. The van der Waals surface area contributed by atoms with Gasteiger partial charge in [0.15, 0.2) is 11.5 Å². The van der Waals surface area contributed by atoms with E-state index in [0.29, 0.717) is 43.0 Å². The standard InChI is InChI=1S/C21H23FN2O4/c1-27-17-7-6-14(12-18(17)28-2)8-11-23-19(25)21(9-10-21)20(26)24-16-5-3-4-15(22)13-16/h3-7,12-13H,8-11H2,1-2H3,(H,23,25)(H,24,26). The Labute approximate surface area is 163 Å². The van der Waals surface area contributed by atoms with E-state index in [2.05, 4.69) is 10.6 Å². The number of ether oxygens (including phenoxy) is 2. The van der Waals surface area contributed by atoms with Crippen molar-refractivity contribution in [3.63, 3.8) is 0 Å². The van der Waals surface area contributed by atoms with E-state index in [9.17, 15) is 14.0 Å². The Kier molecular flexibility index (Phi) is 5.82. The smallest absolute Gasteiger partial charge is 0.240 e. The molecule has 0 bridgehead atoms. The molecular weight excluding hydrogens is 363 g/mol. The molecule has 0 radical (unpaired) electrons. The lowest BCUT2D eigenvalue weighted by atomic mass is 10.0. The van der Waals surface area contributed by atoms with Crippen LogP contribution in [0.5, 0.6) is 11.5 Å². The molecule has 6 nitrogen and oxygen atoms in total. The Morgan fingerprint density at radius 2 is 1.79 bits per heavy atom. The second kappa shape index (κ2) is 8.29. The molecule has 1 saturated carbocycles. The molecule has 0 aliphatic heterocycles. The maximum Gasteiger partial charge on any atom is 0.240 e. The monoisotopic (exact) mass is 386 g/mol. The highest BCUT2D eigenvalue weighted by Gasteiger charge is 2.56. The number of rotatable bonds is 8. The summed E-state index contributed by atoms with van der Waals surface area (Å²) < 4.78 is 23.8. The van der Waals surface area contributed by atoms with E-state index in [1.807, 2.05) is 18.2 Å². The van der Waals surface area contributed by atoms with Gasteiger partial charge < -0.3 is 20.1 Å². The van der Waals surface area contributed by atoms with Crippen LogP contribution in [0, 0.1) is 11.2 Å². The minimum absolute atomic E-state index is 0.304. The van der Waals surface area contributed by atoms with Gasteiger partial charge in [0.25, 0.3) is 0 Å². The molecule has 0 spiro atoms. The summed E-state index contributed by atoms with van der Waals surface area (Å²) in [5.74, 6) is 0.117. The Morgan fingerprint density at radius 3 is 2.43 bits per heavy atom. The molecular formula is C21H23FN2O4. The number of carbonyl (C=O) groups excluding carboxylic acids is 2. The minimum atomic E-state index is -1.07. The Balaban J connectivity index is 1.55. The third-order valence-corrected chi connectivity index (χ3v) is 4.85. The van der Waals surface area contributed by atoms with E-state index >= 15 is 0 Å². The second-order valence-electron chi connectivity index (χ2n) is 6.74. The molecule has 2 aromatic carbocycles. The number of hydrogen-bond acceptors (Lipinski definition) is 4. The van der Waals surface area contributed by atoms with Gasteiger partial charge in [0.05, 0.1) is 14.2 Å². The number of halogens is 1. The molecule has 2 amide bonds. The first-order chi connectivity index (χ1) is 13.5. The number of nitrogens with one attached hydrogen (secondary N) is 2. The van der Waals surface area contributed by atoms with Gasteiger partial charge in [-0.1, -0.05) is 12.1 Å². The third kappa shape index (κ3) is 4.24. The molecule has 0 aromatic heterocycles. The lowest BCUT2D eigenvalue weighted by Crippen LogP contribution is -2.40. The van der Waals surface area contributed by atoms with Crippen molar-refractivity contribution in [2.75, 3.05) is 26.1 Å². The van der Waals surface area contributed by atoms with Crippen molar-refractivity contribution >= 4 is 17.5 Å². The number of amides is 2. The average molecular weight is 386 g/mol. The lowest BCUT2D eigenvalue weighted by molar-refractivity contribution is -0.134. The molecule has 1 aliphatic rings. The van der Waals surface area contributed by atoms with Crippen LogP contribution in [0.4, 0.5) is 10.1 Å². The van der Waals surface area contributed by atoms with Crippen LogP contribution in [0.15, 0.2) is 42.5 Å². The fraction of sp³-hybridized carbons (Fsp3) is 0.333. The topological polar surface area (TPSA) is 76.7 Å². The molecule has 1 fully saturated rings. The van der Waals surface area contributed by atoms with E-state index in [-0.39, 0.29) is 5.91 Å². The van der Waals surface area contributed by atoms with Crippen LogP contribution in [0.1, 0.15) is 18.4 Å². The van der Waals surface area contributed by atoms with Crippen molar-refractivity contribution < 1.29 is 23.5 Å². The van der Waals surface area contributed by atoms with Crippen LogP contribution < -0.4 is 20.1 Å². The van der Waals surface area contributed by atoms with Gasteiger partial charge >= 0.3 is 0 Å². The van der Waals surface area contributed by atoms with Gasteiger partial charge in [0.1, 0.15) is 11.2 Å². The Bertz CT molecular complexity index is 880. The predicted molar refractivity (Wildman–Crippen MR) is 103 cm³/mol. The predicted octanol–water partition coefficient (Wildman–Crippen LogP) is 2.92. The molecule has 3 rings (SSSR count). The van der Waals surface area contributed by atoms with Crippen LogP contribution in [-0.4, -0.2) is 32.6 Å². The second-order valence-corrected chi connectivity index (χ2v) is 6.74. The molecule has 1 aliphatic carbocycles. The molecule has 0 saturated heterocycles. The zero-order chi connectivity index (χ0) is 20.1. The molecule has 148 valence electrons. The first-order valence-electron chi connectivity index (χ1n) is 9.05. The summed E-state index contributed by atoms with van der Waals surface area (Å²) in [5, 5.41) is 5.46. The van der Waals surface area contributed by atoms with E-state index < -0.39 is 17.1 Å². The summed E-state index contributed by atoms with van der Waals surface area (Å²) >= 11 is 0. The van der Waals surface area contributed by atoms with E-state index in [4.69, 9.17) is 9.47 Å². The van der Waals surface area contributed by atoms with Crippen LogP contribution >= 0.6 is 0 Å². The van der Waals surface area contributed by atoms with Gasteiger partial charge in [-0.25, -0.2) is 4.39 Å². The summed E-state index contributed by atoms with van der Waals surface area (Å²) in [5.41, 5.74) is 0.255. The highest BCUT2D eigenvalue weighted by Crippen LogP contribution is 2.46. The fourth-order valence-corrected chi connectivity index (χ4v) is 3.02. The van der Waals surface area contributed by atoms with Gasteiger partial charge in [-0.15, -0.1) is 0 Å². The molecule has 28 heavy (non-hydrogen) atoms. The average Bonchev–Trinajstić information content (AvgIpc) is 3.50. The highest BCUT2D eigenvalue weighted by atomic mass is 19.1. The summed E-state index contributed by atoms with van der Waals surface area (Å²) in [4.78, 5) is 25.1. The van der Waals surface area contributed by atoms with E-state index in [0.717, 1.165) is 5.56 Å². The quantitative estimate of drug-likeness (QED) is 0.684. The fourth-order valence-electron chi connectivity index (χ4n) is 3.02. The van der Waals surface area contributed by atoms with Crippen molar-refractivity contribution in [2.45, 2.75) is 19.3 Å². The number of carbonyl (C=O) groups is 2. The zero-order valence-corrected chi connectivity index (χ0v) is 15.9. The highest BCUT2D eigenvalue weighted by molar-refractivity contribution is 6.13. The maximum absolute atomic E-state index is 13.3. The maximum atomic E-state index is 13.3. The molecule has 2 aromatic rings. The van der Waals surface area contributed by atoms with Crippen LogP contribution in [0.3, 0.4) is 0 Å². The van der Waals surface area contributed by atoms with Gasteiger partial charge in [0.2, 0.25) is 11.8 Å². The van der Waals surface area contributed by atoms with Crippen molar-refractivity contribution in [3.05, 3.63) is 53.8 Å². The SMILES string of the molecule is COc1ccc(CCNC(=O)C2(C(=O)Nc3cccc(F)c3)CC2)cc1OC. The Morgan fingerprint density at radius 1 is 1.04 bits per heavy atom. The van der Waals surface area contributed by atoms with Crippen LogP contribution in [0.25, 0.3) is 0 Å². The van der Waals surface area contributed by atoms with Gasteiger partial charge in [0, 0.05) is 12.2 Å². The third-order valence-electron chi connectivity index (χ3n) is 4.85. The summed E-state index contributed by atoms with van der Waals surface area (Å²) in [7, 11) is 3.14. The summed E-state index contributed by atoms with van der Waals surface area (Å²) in [6, 6.07) is 11.2. The van der Waals surface area contributed by atoms with Gasteiger partial charge in [-0.3, -0.25) is 9.59 Å². The van der Waals surface area contributed by atoms with E-state index in [1.165, 1.54) is 18.2 Å². The number of anilines is 1. The van der Waals surface area contributed by atoms with E-state index in [1.54, 1.807) is 20.3 Å².